The first kappa shape index (κ1) is 16.2. The fourth-order valence-electron chi connectivity index (χ4n) is 2.23. The molecular formula is C16H17ClN6O. The van der Waals surface area contributed by atoms with E-state index in [1.807, 2.05) is 43.6 Å². The Balaban J connectivity index is 1.80. The summed E-state index contributed by atoms with van der Waals surface area (Å²) in [5.41, 5.74) is 1.71. The van der Waals surface area contributed by atoms with E-state index < -0.39 is 0 Å². The topological polar surface area (TPSA) is 87.9 Å². The Morgan fingerprint density at radius 2 is 2.04 bits per heavy atom. The summed E-state index contributed by atoms with van der Waals surface area (Å²) in [6.45, 7) is -0.0876. The molecule has 24 heavy (non-hydrogen) atoms. The number of aryl methyl sites for hydroxylation is 1. The minimum absolute atomic E-state index is 0.0876. The SMILES string of the molecule is Cn1cc(Nc2ncc(Cl)c(N[C@H](CO)c3ccccc3)n2)cn1. The predicted octanol–water partition coefficient (Wildman–Crippen LogP) is 2.75. The normalized spacial score (nSPS) is 12.0. The largest absolute Gasteiger partial charge is 0.394 e. The molecule has 0 aliphatic heterocycles. The van der Waals surface area contributed by atoms with Crippen molar-refractivity contribution in [3.63, 3.8) is 0 Å². The highest BCUT2D eigenvalue weighted by molar-refractivity contribution is 6.32. The molecule has 8 heteroatoms. The lowest BCUT2D eigenvalue weighted by atomic mass is 10.1. The van der Waals surface area contributed by atoms with Crippen molar-refractivity contribution in [3.05, 3.63) is 59.5 Å². The average Bonchev–Trinajstić information content (AvgIpc) is 3.01. The van der Waals surface area contributed by atoms with Crippen molar-refractivity contribution >= 4 is 29.1 Å². The molecule has 3 N–H and O–H groups in total. The van der Waals surface area contributed by atoms with Gasteiger partial charge in [0, 0.05) is 13.2 Å². The van der Waals surface area contributed by atoms with Crippen molar-refractivity contribution in [2.75, 3.05) is 17.2 Å². The summed E-state index contributed by atoms with van der Waals surface area (Å²) in [7, 11) is 1.83. The fraction of sp³-hybridized carbons (Fsp3) is 0.188. The van der Waals surface area contributed by atoms with E-state index in [-0.39, 0.29) is 12.6 Å². The van der Waals surface area contributed by atoms with Crippen LogP contribution in [-0.4, -0.2) is 31.5 Å². The molecular weight excluding hydrogens is 328 g/mol. The smallest absolute Gasteiger partial charge is 0.229 e. The highest BCUT2D eigenvalue weighted by Gasteiger charge is 2.14. The van der Waals surface area contributed by atoms with Crippen molar-refractivity contribution < 1.29 is 5.11 Å². The second kappa shape index (κ2) is 7.29. The van der Waals surface area contributed by atoms with Gasteiger partial charge in [0.05, 0.1) is 30.7 Å². The number of aromatic nitrogens is 4. The minimum atomic E-state index is -0.315. The Morgan fingerprint density at radius 3 is 2.71 bits per heavy atom. The molecule has 0 radical (unpaired) electrons. The Hall–Kier alpha value is -2.64. The number of nitrogens with one attached hydrogen (secondary N) is 2. The third kappa shape index (κ3) is 3.81. The maximum atomic E-state index is 9.66. The molecule has 0 saturated heterocycles. The van der Waals surface area contributed by atoms with Gasteiger partial charge in [-0.3, -0.25) is 4.68 Å². The third-order valence-electron chi connectivity index (χ3n) is 3.40. The molecule has 7 nitrogen and oxygen atoms in total. The number of anilines is 3. The van der Waals surface area contributed by atoms with Crippen molar-refractivity contribution in [1.29, 1.82) is 0 Å². The van der Waals surface area contributed by atoms with Crippen LogP contribution in [0.5, 0.6) is 0 Å². The zero-order chi connectivity index (χ0) is 16.9. The van der Waals surface area contributed by atoms with Gasteiger partial charge in [0.2, 0.25) is 5.95 Å². The van der Waals surface area contributed by atoms with Crippen LogP contribution in [-0.2, 0) is 7.05 Å². The third-order valence-corrected chi connectivity index (χ3v) is 3.68. The summed E-state index contributed by atoms with van der Waals surface area (Å²) in [5, 5.41) is 20.3. The molecule has 2 aromatic heterocycles. The van der Waals surface area contributed by atoms with E-state index in [0.717, 1.165) is 11.3 Å². The molecule has 0 fully saturated rings. The van der Waals surface area contributed by atoms with Crippen LogP contribution in [0.25, 0.3) is 0 Å². The molecule has 1 atom stereocenters. The van der Waals surface area contributed by atoms with Gasteiger partial charge in [0.1, 0.15) is 5.02 Å². The van der Waals surface area contributed by atoms with Crippen molar-refractivity contribution in [3.8, 4) is 0 Å². The maximum Gasteiger partial charge on any atom is 0.229 e. The molecule has 0 unspecified atom stereocenters. The molecule has 0 bridgehead atoms. The second-order valence-electron chi connectivity index (χ2n) is 5.21. The number of nitrogens with zero attached hydrogens (tertiary/aromatic N) is 4. The van der Waals surface area contributed by atoms with Crippen LogP contribution in [0.1, 0.15) is 11.6 Å². The van der Waals surface area contributed by atoms with E-state index in [1.165, 1.54) is 6.20 Å². The maximum absolute atomic E-state index is 9.66. The molecule has 2 heterocycles. The van der Waals surface area contributed by atoms with Gasteiger partial charge in [0.25, 0.3) is 0 Å². The molecule has 124 valence electrons. The highest BCUT2D eigenvalue weighted by atomic mass is 35.5. The summed E-state index contributed by atoms with van der Waals surface area (Å²) in [6.07, 6.45) is 4.99. The van der Waals surface area contributed by atoms with Crippen LogP contribution in [0.3, 0.4) is 0 Å². The van der Waals surface area contributed by atoms with Gasteiger partial charge in [-0.05, 0) is 5.56 Å². The van der Waals surface area contributed by atoms with Crippen LogP contribution in [0.15, 0.2) is 48.9 Å². The minimum Gasteiger partial charge on any atom is -0.394 e. The number of rotatable bonds is 6. The lowest BCUT2D eigenvalue weighted by Gasteiger charge is -2.18. The molecule has 3 rings (SSSR count). The monoisotopic (exact) mass is 344 g/mol. The lowest BCUT2D eigenvalue weighted by molar-refractivity contribution is 0.276. The molecule has 0 saturated carbocycles. The van der Waals surface area contributed by atoms with Gasteiger partial charge < -0.3 is 15.7 Å². The summed E-state index contributed by atoms with van der Waals surface area (Å²) in [4.78, 5) is 8.53. The Morgan fingerprint density at radius 1 is 1.25 bits per heavy atom. The Bertz CT molecular complexity index is 807. The van der Waals surface area contributed by atoms with E-state index in [1.54, 1.807) is 10.9 Å². The first-order chi connectivity index (χ1) is 11.7. The lowest BCUT2D eigenvalue weighted by Crippen LogP contribution is -2.16. The van der Waals surface area contributed by atoms with Crippen molar-refractivity contribution in [2.24, 2.45) is 7.05 Å². The van der Waals surface area contributed by atoms with Gasteiger partial charge in [-0.25, -0.2) is 4.98 Å². The van der Waals surface area contributed by atoms with Gasteiger partial charge in [-0.15, -0.1) is 0 Å². The number of benzene rings is 1. The standard InChI is InChI=1S/C16H17ClN6O/c1-23-9-12(7-19-23)20-16-18-8-13(17)15(22-16)21-14(10-24)11-5-3-2-4-6-11/h2-9,14,24H,10H2,1H3,(H2,18,20,21,22)/t14-/m1/s1. The Labute approximate surface area is 144 Å². The second-order valence-corrected chi connectivity index (χ2v) is 5.62. The predicted molar refractivity (Wildman–Crippen MR) is 93.4 cm³/mol. The first-order valence-corrected chi connectivity index (χ1v) is 7.74. The molecule has 0 spiro atoms. The summed E-state index contributed by atoms with van der Waals surface area (Å²) in [6, 6.07) is 9.29. The van der Waals surface area contributed by atoms with E-state index in [9.17, 15) is 5.11 Å². The van der Waals surface area contributed by atoms with Crippen LogP contribution >= 0.6 is 11.6 Å². The Kier molecular flexibility index (Phi) is 4.93. The van der Waals surface area contributed by atoms with Gasteiger partial charge in [-0.1, -0.05) is 41.9 Å². The van der Waals surface area contributed by atoms with Crippen LogP contribution in [0.4, 0.5) is 17.5 Å². The molecule has 1 aromatic carbocycles. The van der Waals surface area contributed by atoms with E-state index in [0.29, 0.717) is 16.8 Å². The van der Waals surface area contributed by atoms with E-state index in [2.05, 4.69) is 25.7 Å². The van der Waals surface area contributed by atoms with Crippen LogP contribution < -0.4 is 10.6 Å². The summed E-state index contributed by atoms with van der Waals surface area (Å²) >= 11 is 6.18. The first-order valence-electron chi connectivity index (χ1n) is 7.36. The average molecular weight is 345 g/mol. The van der Waals surface area contributed by atoms with Crippen LogP contribution in [0, 0.1) is 0 Å². The van der Waals surface area contributed by atoms with Crippen molar-refractivity contribution in [2.45, 2.75) is 6.04 Å². The number of aliphatic hydroxyl groups excluding tert-OH is 1. The van der Waals surface area contributed by atoms with Gasteiger partial charge in [-0.2, -0.15) is 10.1 Å². The molecule has 0 aliphatic carbocycles. The number of hydrogen-bond acceptors (Lipinski definition) is 6. The van der Waals surface area contributed by atoms with E-state index >= 15 is 0 Å². The fourth-order valence-corrected chi connectivity index (χ4v) is 2.37. The molecule has 0 aliphatic rings. The van der Waals surface area contributed by atoms with Crippen molar-refractivity contribution in [1.82, 2.24) is 19.7 Å². The zero-order valence-corrected chi connectivity index (χ0v) is 13.8. The summed E-state index contributed by atoms with van der Waals surface area (Å²) < 4.78 is 1.68. The van der Waals surface area contributed by atoms with Gasteiger partial charge in [0.15, 0.2) is 5.82 Å². The number of aliphatic hydroxyl groups is 1. The molecule has 0 amide bonds. The van der Waals surface area contributed by atoms with Gasteiger partial charge >= 0.3 is 0 Å². The zero-order valence-electron chi connectivity index (χ0n) is 13.0. The molecule has 3 aromatic rings. The number of hydrogen-bond donors (Lipinski definition) is 3. The van der Waals surface area contributed by atoms with Crippen LogP contribution in [0.2, 0.25) is 5.02 Å². The highest BCUT2D eigenvalue weighted by Crippen LogP contribution is 2.25. The summed E-state index contributed by atoms with van der Waals surface area (Å²) in [5.74, 6) is 0.834. The van der Waals surface area contributed by atoms with E-state index in [4.69, 9.17) is 11.6 Å². The number of halogens is 1. The quantitative estimate of drug-likeness (QED) is 0.637.